The van der Waals surface area contributed by atoms with Gasteiger partial charge in [-0.05, 0) is 57.4 Å². The second kappa shape index (κ2) is 13.7. The minimum atomic E-state index is -3.63. The van der Waals surface area contributed by atoms with Gasteiger partial charge in [-0.15, -0.1) is 0 Å². The maximum absolute atomic E-state index is 13.4. The van der Waals surface area contributed by atoms with Gasteiger partial charge in [-0.3, -0.25) is 13.9 Å². The number of sulfonamides is 1. The largest absolute Gasteiger partial charge is 0.495 e. The predicted molar refractivity (Wildman–Crippen MR) is 149 cm³/mol. The maximum Gasteiger partial charge on any atom is 0.242 e. The summed E-state index contributed by atoms with van der Waals surface area (Å²) in [6.45, 7) is 7.96. The molecular formula is C27H38ClN3O5S. The summed E-state index contributed by atoms with van der Waals surface area (Å²) in [4.78, 5) is 27.8. The van der Waals surface area contributed by atoms with E-state index in [1.807, 2.05) is 45.0 Å². The quantitative estimate of drug-likeness (QED) is 0.394. The number of aryl methyl sites for hydroxylation is 1. The summed E-state index contributed by atoms with van der Waals surface area (Å²) in [5.41, 5.74) is 2.40. The van der Waals surface area contributed by atoms with Crippen molar-refractivity contribution >= 4 is 39.1 Å². The number of halogens is 1. The van der Waals surface area contributed by atoms with E-state index in [0.717, 1.165) is 23.8 Å². The lowest BCUT2D eigenvalue weighted by molar-refractivity contribution is -0.140. The Labute approximate surface area is 226 Å². The number of carbonyl (C=O) groups is 2. The number of nitrogens with zero attached hydrogens (tertiary/aromatic N) is 2. The highest BCUT2D eigenvalue weighted by Gasteiger charge is 2.27. The van der Waals surface area contributed by atoms with Crippen molar-refractivity contribution in [3.63, 3.8) is 0 Å². The van der Waals surface area contributed by atoms with Gasteiger partial charge in [0.2, 0.25) is 21.8 Å². The smallest absolute Gasteiger partial charge is 0.242 e. The van der Waals surface area contributed by atoms with Gasteiger partial charge in [-0.25, -0.2) is 8.42 Å². The van der Waals surface area contributed by atoms with Gasteiger partial charge in [-0.2, -0.15) is 0 Å². The van der Waals surface area contributed by atoms with E-state index in [-0.39, 0.29) is 48.8 Å². The minimum Gasteiger partial charge on any atom is -0.495 e. The highest BCUT2D eigenvalue weighted by molar-refractivity contribution is 7.92. The van der Waals surface area contributed by atoms with E-state index in [0.29, 0.717) is 11.4 Å². The number of methoxy groups -OCH3 is 1. The van der Waals surface area contributed by atoms with E-state index in [4.69, 9.17) is 16.3 Å². The van der Waals surface area contributed by atoms with Crippen LogP contribution in [0.5, 0.6) is 5.75 Å². The molecule has 0 fully saturated rings. The van der Waals surface area contributed by atoms with Crippen molar-refractivity contribution in [2.45, 2.75) is 65.6 Å². The Hall–Kier alpha value is -2.78. The van der Waals surface area contributed by atoms with Gasteiger partial charge < -0.3 is 15.0 Å². The lowest BCUT2D eigenvalue weighted by Gasteiger charge is -2.30. The molecule has 204 valence electrons. The molecule has 0 aromatic heterocycles. The standard InChI is InChI=1S/C27H38ClN3O5S/c1-7-20(3)29-27(33)21(4)30(18-22-12-10-19(2)11-13-22)26(32)9-8-16-31(37(6,34)35)23-14-15-25(36-5)24(28)17-23/h10-15,17,20-21H,7-9,16,18H2,1-6H3,(H,29,33)/t20-,21-/m0/s1. The normalized spacial score (nSPS) is 12.9. The van der Waals surface area contributed by atoms with Gasteiger partial charge in [0.1, 0.15) is 11.8 Å². The molecule has 1 N–H and O–H groups in total. The Bertz CT molecular complexity index is 1170. The molecule has 0 saturated carbocycles. The number of hydrogen-bond donors (Lipinski definition) is 1. The number of amides is 2. The van der Waals surface area contributed by atoms with Gasteiger partial charge in [0, 0.05) is 25.6 Å². The van der Waals surface area contributed by atoms with Crippen LogP contribution in [-0.2, 0) is 26.2 Å². The van der Waals surface area contributed by atoms with E-state index in [1.165, 1.54) is 17.5 Å². The van der Waals surface area contributed by atoms with Crippen LogP contribution in [-0.4, -0.2) is 57.1 Å². The minimum absolute atomic E-state index is 0.00841. The number of ether oxygens (including phenoxy) is 1. The van der Waals surface area contributed by atoms with E-state index in [9.17, 15) is 18.0 Å². The molecular weight excluding hydrogens is 514 g/mol. The van der Waals surface area contributed by atoms with Crippen molar-refractivity contribution in [3.05, 3.63) is 58.6 Å². The molecule has 0 saturated heterocycles. The second-order valence-corrected chi connectivity index (χ2v) is 11.6. The first-order valence-corrected chi connectivity index (χ1v) is 14.6. The molecule has 8 nitrogen and oxygen atoms in total. The molecule has 37 heavy (non-hydrogen) atoms. The zero-order chi connectivity index (χ0) is 27.8. The molecule has 10 heteroatoms. The molecule has 0 spiro atoms. The third-order valence-electron chi connectivity index (χ3n) is 6.22. The molecule has 2 atom stereocenters. The summed E-state index contributed by atoms with van der Waals surface area (Å²) in [7, 11) is -2.15. The van der Waals surface area contributed by atoms with E-state index < -0.39 is 16.1 Å². The van der Waals surface area contributed by atoms with E-state index >= 15 is 0 Å². The average Bonchev–Trinajstić information content (AvgIpc) is 2.84. The summed E-state index contributed by atoms with van der Waals surface area (Å²) < 4.78 is 31.4. The van der Waals surface area contributed by atoms with Crippen molar-refractivity contribution in [2.24, 2.45) is 0 Å². The molecule has 0 aliphatic carbocycles. The Morgan fingerprint density at radius 2 is 1.76 bits per heavy atom. The predicted octanol–water partition coefficient (Wildman–Crippen LogP) is 4.54. The van der Waals surface area contributed by atoms with Crippen LogP contribution in [0.1, 0.15) is 51.2 Å². The SMILES string of the molecule is CC[C@H](C)NC(=O)[C@H](C)N(Cc1ccc(C)cc1)C(=O)CCCN(c1ccc(OC)c(Cl)c1)S(C)(=O)=O. The highest BCUT2D eigenvalue weighted by atomic mass is 35.5. The number of rotatable bonds is 13. The van der Waals surface area contributed by atoms with Gasteiger partial charge in [-0.1, -0.05) is 48.4 Å². The highest BCUT2D eigenvalue weighted by Crippen LogP contribution is 2.30. The van der Waals surface area contributed by atoms with Crippen molar-refractivity contribution in [1.82, 2.24) is 10.2 Å². The topological polar surface area (TPSA) is 96.0 Å². The fourth-order valence-corrected chi connectivity index (χ4v) is 4.96. The zero-order valence-corrected chi connectivity index (χ0v) is 24.0. The summed E-state index contributed by atoms with van der Waals surface area (Å²) >= 11 is 6.20. The average molecular weight is 552 g/mol. The summed E-state index contributed by atoms with van der Waals surface area (Å²) in [6, 6.07) is 11.8. The monoisotopic (exact) mass is 551 g/mol. The van der Waals surface area contributed by atoms with Crippen LogP contribution < -0.4 is 14.4 Å². The Kier molecular flexibility index (Phi) is 11.3. The van der Waals surface area contributed by atoms with Crippen molar-refractivity contribution < 1.29 is 22.7 Å². The first kappa shape index (κ1) is 30.4. The van der Waals surface area contributed by atoms with Crippen molar-refractivity contribution in [1.29, 1.82) is 0 Å². The molecule has 0 aliphatic heterocycles. The Morgan fingerprint density at radius 1 is 1.11 bits per heavy atom. The lowest BCUT2D eigenvalue weighted by atomic mass is 10.1. The molecule has 0 aliphatic rings. The van der Waals surface area contributed by atoms with Crippen LogP contribution in [0.2, 0.25) is 5.02 Å². The lowest BCUT2D eigenvalue weighted by Crippen LogP contribution is -2.49. The molecule has 2 aromatic carbocycles. The molecule has 0 radical (unpaired) electrons. The first-order valence-electron chi connectivity index (χ1n) is 12.3. The summed E-state index contributed by atoms with van der Waals surface area (Å²) in [5.74, 6) is -0.0144. The van der Waals surface area contributed by atoms with Gasteiger partial charge in [0.05, 0.1) is 24.1 Å². The fraction of sp³-hybridized carbons (Fsp3) is 0.481. The van der Waals surface area contributed by atoms with Crippen LogP contribution in [0, 0.1) is 6.92 Å². The van der Waals surface area contributed by atoms with Gasteiger partial charge in [0.25, 0.3) is 0 Å². The fourth-order valence-electron chi connectivity index (χ4n) is 3.75. The molecule has 0 unspecified atom stereocenters. The van der Waals surface area contributed by atoms with E-state index in [1.54, 1.807) is 24.0 Å². The van der Waals surface area contributed by atoms with Gasteiger partial charge >= 0.3 is 0 Å². The molecule has 2 amide bonds. The number of carbonyl (C=O) groups excluding carboxylic acids is 2. The van der Waals surface area contributed by atoms with E-state index in [2.05, 4.69) is 5.32 Å². The molecule has 0 heterocycles. The first-order chi connectivity index (χ1) is 17.4. The van der Waals surface area contributed by atoms with Crippen LogP contribution in [0.3, 0.4) is 0 Å². The number of hydrogen-bond acceptors (Lipinski definition) is 5. The third-order valence-corrected chi connectivity index (χ3v) is 7.71. The summed E-state index contributed by atoms with van der Waals surface area (Å²) in [5, 5.41) is 3.23. The van der Waals surface area contributed by atoms with Crippen LogP contribution in [0.15, 0.2) is 42.5 Å². The Morgan fingerprint density at radius 3 is 2.30 bits per heavy atom. The van der Waals surface area contributed by atoms with Crippen LogP contribution >= 0.6 is 11.6 Å². The molecule has 0 bridgehead atoms. The second-order valence-electron chi connectivity index (χ2n) is 9.26. The Balaban J connectivity index is 2.19. The van der Waals surface area contributed by atoms with Crippen LogP contribution in [0.4, 0.5) is 5.69 Å². The molecule has 2 aromatic rings. The zero-order valence-electron chi connectivity index (χ0n) is 22.5. The van der Waals surface area contributed by atoms with Crippen molar-refractivity contribution in [3.8, 4) is 5.75 Å². The van der Waals surface area contributed by atoms with Crippen molar-refractivity contribution in [2.75, 3.05) is 24.2 Å². The number of benzene rings is 2. The number of anilines is 1. The van der Waals surface area contributed by atoms with Crippen LogP contribution in [0.25, 0.3) is 0 Å². The molecule has 2 rings (SSSR count). The third kappa shape index (κ3) is 8.93. The summed E-state index contributed by atoms with van der Waals surface area (Å²) in [6.07, 6.45) is 2.22. The van der Waals surface area contributed by atoms with Gasteiger partial charge in [0.15, 0.2) is 0 Å². The number of nitrogens with one attached hydrogen (secondary N) is 1. The maximum atomic E-state index is 13.4.